The topological polar surface area (TPSA) is 60.7 Å². The Labute approximate surface area is 111 Å². The van der Waals surface area contributed by atoms with Crippen LogP contribution in [0.1, 0.15) is 48.6 Å². The van der Waals surface area contributed by atoms with Crippen molar-refractivity contribution in [3.63, 3.8) is 0 Å². The first-order valence-corrected chi connectivity index (χ1v) is 6.88. The van der Waals surface area contributed by atoms with Crippen LogP contribution in [-0.2, 0) is 0 Å². The van der Waals surface area contributed by atoms with E-state index in [1.165, 1.54) is 0 Å². The Morgan fingerprint density at radius 3 is 2.00 bits per heavy atom. The summed E-state index contributed by atoms with van der Waals surface area (Å²) >= 11 is 0. The first kappa shape index (κ1) is 11.0. The van der Waals surface area contributed by atoms with Gasteiger partial charge in [0.2, 0.25) is 0 Å². The third kappa shape index (κ3) is 1.28. The molecule has 5 rings (SSSR count). The van der Waals surface area contributed by atoms with Crippen LogP contribution in [0.3, 0.4) is 0 Å². The Balaban J connectivity index is 2.18. The maximum Gasteiger partial charge on any atom is 0.131 e. The van der Waals surface area contributed by atoms with Crippen molar-refractivity contribution in [2.45, 2.75) is 37.5 Å². The van der Waals surface area contributed by atoms with E-state index in [0.717, 1.165) is 36.8 Å². The number of fused-ring (bicyclic) bond motifs is 3. The van der Waals surface area contributed by atoms with Gasteiger partial charge < -0.3 is 15.3 Å². The first-order chi connectivity index (χ1) is 9.18. The zero-order valence-corrected chi connectivity index (χ0v) is 10.6. The molecule has 0 saturated heterocycles. The molecule has 3 aliphatic carbocycles. The fraction of sp³-hybridized carbons (Fsp3) is 0.375. The fourth-order valence-corrected chi connectivity index (χ4v) is 4.02. The van der Waals surface area contributed by atoms with Crippen LogP contribution < -0.4 is 0 Å². The molecule has 0 amide bonds. The van der Waals surface area contributed by atoms with Gasteiger partial charge in [0.05, 0.1) is 5.39 Å². The molecular weight excluding hydrogens is 240 g/mol. The lowest BCUT2D eigenvalue weighted by Crippen LogP contribution is -2.22. The summed E-state index contributed by atoms with van der Waals surface area (Å²) in [6.45, 7) is 0. The summed E-state index contributed by atoms with van der Waals surface area (Å²) in [6, 6.07) is 5.01. The molecule has 19 heavy (non-hydrogen) atoms. The molecule has 2 bridgehead atoms. The number of aromatic hydroxyl groups is 3. The third-order valence-corrected chi connectivity index (χ3v) is 4.88. The molecule has 1 fully saturated rings. The summed E-state index contributed by atoms with van der Waals surface area (Å²) in [7, 11) is 0. The van der Waals surface area contributed by atoms with Gasteiger partial charge >= 0.3 is 0 Å². The van der Waals surface area contributed by atoms with Gasteiger partial charge in [0.1, 0.15) is 17.2 Å². The van der Waals surface area contributed by atoms with Crippen LogP contribution in [0.4, 0.5) is 0 Å². The van der Waals surface area contributed by atoms with Crippen molar-refractivity contribution in [3.8, 4) is 17.2 Å². The fourth-order valence-electron chi connectivity index (χ4n) is 4.02. The van der Waals surface area contributed by atoms with E-state index < -0.39 is 0 Å². The molecule has 1 saturated carbocycles. The first-order valence-electron chi connectivity index (χ1n) is 6.88. The van der Waals surface area contributed by atoms with Gasteiger partial charge in [0, 0.05) is 16.5 Å². The summed E-state index contributed by atoms with van der Waals surface area (Å²) in [4.78, 5) is 0. The highest BCUT2D eigenvalue weighted by molar-refractivity contribution is 6.00. The number of hydrogen-bond acceptors (Lipinski definition) is 3. The normalized spacial score (nSPS) is 24.6. The average Bonchev–Trinajstić information content (AvgIpc) is 2.45. The van der Waals surface area contributed by atoms with Crippen molar-refractivity contribution in [1.29, 1.82) is 0 Å². The van der Waals surface area contributed by atoms with Crippen LogP contribution in [0.2, 0.25) is 0 Å². The van der Waals surface area contributed by atoms with E-state index in [2.05, 4.69) is 0 Å². The lowest BCUT2D eigenvalue weighted by molar-refractivity contribution is 0.332. The molecule has 3 N–H and O–H groups in total. The van der Waals surface area contributed by atoms with E-state index >= 15 is 0 Å². The Morgan fingerprint density at radius 2 is 1.37 bits per heavy atom. The van der Waals surface area contributed by atoms with E-state index in [9.17, 15) is 15.3 Å². The van der Waals surface area contributed by atoms with Crippen molar-refractivity contribution in [1.82, 2.24) is 0 Å². The molecule has 3 nitrogen and oxygen atoms in total. The zero-order valence-electron chi connectivity index (χ0n) is 10.6. The number of hydrogen-bond donors (Lipinski definition) is 3. The molecule has 0 aliphatic heterocycles. The highest BCUT2D eigenvalue weighted by atomic mass is 16.3. The second-order valence-electron chi connectivity index (χ2n) is 5.77. The molecule has 0 unspecified atom stereocenters. The minimum absolute atomic E-state index is 0.0366. The molecule has 0 atom stereocenters. The predicted molar refractivity (Wildman–Crippen MR) is 72.9 cm³/mol. The van der Waals surface area contributed by atoms with Gasteiger partial charge in [-0.3, -0.25) is 0 Å². The summed E-state index contributed by atoms with van der Waals surface area (Å²) in [5.74, 6) is 1.16. The summed E-state index contributed by atoms with van der Waals surface area (Å²) < 4.78 is 0. The van der Waals surface area contributed by atoms with Crippen molar-refractivity contribution in [2.75, 3.05) is 0 Å². The van der Waals surface area contributed by atoms with Crippen molar-refractivity contribution in [2.24, 2.45) is 0 Å². The van der Waals surface area contributed by atoms with Gasteiger partial charge in [0.15, 0.2) is 0 Å². The Hall–Kier alpha value is -1.90. The van der Waals surface area contributed by atoms with E-state index in [0.29, 0.717) is 22.6 Å². The number of phenolic OH excluding ortho intramolecular Hbond substituents is 3. The zero-order chi connectivity index (χ0) is 13.1. The minimum atomic E-state index is 0.0366. The van der Waals surface area contributed by atoms with Gasteiger partial charge in [-0.1, -0.05) is 12.1 Å². The average molecular weight is 256 g/mol. The number of phenols is 3. The molecule has 3 heteroatoms. The summed E-state index contributed by atoms with van der Waals surface area (Å²) in [6.07, 6.45) is 4.33. The van der Waals surface area contributed by atoms with E-state index in [4.69, 9.17) is 0 Å². The SMILES string of the molecule is Oc1c2c(c(O)c3c(O)cccc13)C1CCC2CC1. The quantitative estimate of drug-likeness (QED) is 0.630. The van der Waals surface area contributed by atoms with Crippen molar-refractivity contribution in [3.05, 3.63) is 29.3 Å². The largest absolute Gasteiger partial charge is 0.507 e. The predicted octanol–water partition coefficient (Wildman–Crippen LogP) is 3.71. The van der Waals surface area contributed by atoms with Gasteiger partial charge in [0.25, 0.3) is 0 Å². The minimum Gasteiger partial charge on any atom is -0.507 e. The van der Waals surface area contributed by atoms with Gasteiger partial charge in [-0.15, -0.1) is 0 Å². The van der Waals surface area contributed by atoms with Gasteiger partial charge in [-0.05, 0) is 43.6 Å². The van der Waals surface area contributed by atoms with Crippen LogP contribution in [0.15, 0.2) is 18.2 Å². The monoisotopic (exact) mass is 256 g/mol. The third-order valence-electron chi connectivity index (χ3n) is 4.88. The molecular formula is C16H16O3. The molecule has 2 aromatic rings. The maximum absolute atomic E-state index is 10.6. The molecule has 0 heterocycles. The van der Waals surface area contributed by atoms with E-state index in [-0.39, 0.29) is 17.2 Å². The standard InChI is InChI=1S/C16H16O3/c17-11-3-1-2-10-14(11)16(19)13-9-6-4-8(5-7-9)12(13)15(10)18/h1-3,8-9,17-19H,4-7H2. The van der Waals surface area contributed by atoms with Crippen LogP contribution in [0.25, 0.3) is 10.8 Å². The second-order valence-corrected chi connectivity index (χ2v) is 5.77. The van der Waals surface area contributed by atoms with E-state index in [1.54, 1.807) is 18.2 Å². The molecule has 0 aromatic heterocycles. The number of benzene rings is 2. The highest BCUT2D eigenvalue weighted by Crippen LogP contribution is 2.58. The van der Waals surface area contributed by atoms with Gasteiger partial charge in [-0.2, -0.15) is 0 Å². The second kappa shape index (κ2) is 3.56. The van der Waals surface area contributed by atoms with Gasteiger partial charge in [-0.25, -0.2) is 0 Å². The maximum atomic E-state index is 10.6. The van der Waals surface area contributed by atoms with Crippen molar-refractivity contribution < 1.29 is 15.3 Å². The summed E-state index contributed by atoms with van der Waals surface area (Å²) in [5, 5.41) is 32.0. The van der Waals surface area contributed by atoms with Crippen LogP contribution in [0, 0.1) is 0 Å². The lowest BCUT2D eigenvalue weighted by atomic mass is 9.66. The Bertz CT molecular complexity index is 682. The lowest BCUT2D eigenvalue weighted by Gasteiger charge is -2.39. The molecule has 0 radical (unpaired) electrons. The highest BCUT2D eigenvalue weighted by Gasteiger charge is 2.38. The number of rotatable bonds is 0. The Morgan fingerprint density at radius 1 is 0.789 bits per heavy atom. The molecule has 3 aliphatic rings. The van der Waals surface area contributed by atoms with E-state index in [1.807, 2.05) is 0 Å². The molecule has 2 aromatic carbocycles. The van der Waals surface area contributed by atoms with Crippen LogP contribution >= 0.6 is 0 Å². The summed E-state index contributed by atoms with van der Waals surface area (Å²) in [5.41, 5.74) is 1.81. The molecule has 0 spiro atoms. The van der Waals surface area contributed by atoms with Crippen LogP contribution in [0.5, 0.6) is 17.2 Å². The smallest absolute Gasteiger partial charge is 0.131 e. The Kier molecular flexibility index (Phi) is 2.06. The van der Waals surface area contributed by atoms with Crippen molar-refractivity contribution >= 4 is 10.8 Å². The molecule has 98 valence electrons. The van der Waals surface area contributed by atoms with Crippen LogP contribution in [-0.4, -0.2) is 15.3 Å².